The van der Waals surface area contributed by atoms with Gasteiger partial charge in [-0.2, -0.15) is 0 Å². The third-order valence-electron chi connectivity index (χ3n) is 5.27. The van der Waals surface area contributed by atoms with Crippen molar-refractivity contribution < 1.29 is 18.7 Å². The third-order valence-corrected chi connectivity index (χ3v) is 5.27. The van der Waals surface area contributed by atoms with Gasteiger partial charge >= 0.3 is 5.97 Å². The second kappa shape index (κ2) is 11.2. The van der Waals surface area contributed by atoms with E-state index in [2.05, 4.69) is 13.8 Å². The molecular weight excluding hydrogens is 367 g/mol. The highest BCUT2D eigenvalue weighted by atomic mass is 19.1. The van der Waals surface area contributed by atoms with Gasteiger partial charge in [0.15, 0.2) is 0 Å². The van der Waals surface area contributed by atoms with Gasteiger partial charge in [0.05, 0.1) is 12.5 Å². The molecule has 0 saturated carbocycles. The maximum Gasteiger partial charge on any atom is 0.313 e. The summed E-state index contributed by atoms with van der Waals surface area (Å²) in [6.07, 6.45) is 5.40. The van der Waals surface area contributed by atoms with E-state index in [9.17, 15) is 9.18 Å². The molecule has 29 heavy (non-hydrogen) atoms. The van der Waals surface area contributed by atoms with Gasteiger partial charge in [0, 0.05) is 0 Å². The number of unbranched alkanes of at least 4 members (excludes halogenated alkanes) is 3. The van der Waals surface area contributed by atoms with Crippen LogP contribution in [-0.2, 0) is 9.53 Å². The van der Waals surface area contributed by atoms with Crippen LogP contribution in [0.3, 0.4) is 0 Å². The van der Waals surface area contributed by atoms with Crippen molar-refractivity contribution in [1.29, 1.82) is 0 Å². The number of rotatable bonds is 12. The van der Waals surface area contributed by atoms with Crippen LogP contribution in [0.4, 0.5) is 4.39 Å². The van der Waals surface area contributed by atoms with E-state index in [1.807, 2.05) is 36.4 Å². The minimum Gasteiger partial charge on any atom is -0.494 e. The SMILES string of the molecule is CCCCC[C@](C)(F)COC(=O)[C@@H](C)c1ccc2cc(OCCCC)ccc2c1. The average Bonchev–Trinajstić information content (AvgIpc) is 2.71. The molecule has 0 aliphatic heterocycles. The molecule has 0 unspecified atom stereocenters. The van der Waals surface area contributed by atoms with Crippen LogP contribution in [0.5, 0.6) is 5.75 Å². The first kappa shape index (κ1) is 23.2. The molecule has 160 valence electrons. The molecule has 2 aromatic rings. The molecule has 2 rings (SSSR count). The van der Waals surface area contributed by atoms with E-state index in [0.717, 1.165) is 60.8 Å². The molecule has 0 radical (unpaired) electrons. The van der Waals surface area contributed by atoms with Crippen molar-refractivity contribution >= 4 is 16.7 Å². The molecule has 0 aliphatic carbocycles. The van der Waals surface area contributed by atoms with Gasteiger partial charge in [0.1, 0.15) is 18.0 Å². The van der Waals surface area contributed by atoms with Crippen molar-refractivity contribution in [3.8, 4) is 5.75 Å². The Balaban J connectivity index is 1.97. The maximum atomic E-state index is 14.5. The number of halogens is 1. The van der Waals surface area contributed by atoms with Crippen LogP contribution in [0.1, 0.15) is 77.7 Å². The molecule has 0 amide bonds. The Morgan fingerprint density at radius 1 is 1.03 bits per heavy atom. The quantitative estimate of drug-likeness (QED) is 0.284. The van der Waals surface area contributed by atoms with E-state index in [-0.39, 0.29) is 12.6 Å². The Kier molecular flexibility index (Phi) is 8.94. The fraction of sp³-hybridized carbons (Fsp3) is 0.560. The van der Waals surface area contributed by atoms with E-state index in [1.54, 1.807) is 6.92 Å². The standard InChI is InChI=1S/C25H35FO3/c1-5-7-9-14-25(4,26)18-29-24(27)19(3)20-10-11-22-17-23(28-15-8-6-2)13-12-21(22)16-20/h10-13,16-17,19H,5-9,14-15,18H2,1-4H3/t19-,25-/m0/s1. The summed E-state index contributed by atoms with van der Waals surface area (Å²) in [6.45, 7) is 8.06. The van der Waals surface area contributed by atoms with Crippen LogP contribution in [0.15, 0.2) is 36.4 Å². The lowest BCUT2D eigenvalue weighted by Gasteiger charge is -2.21. The molecule has 0 saturated heterocycles. The fourth-order valence-electron chi connectivity index (χ4n) is 3.23. The molecular formula is C25H35FO3. The predicted molar refractivity (Wildman–Crippen MR) is 117 cm³/mol. The Labute approximate surface area is 174 Å². The number of hydrogen-bond acceptors (Lipinski definition) is 3. The largest absolute Gasteiger partial charge is 0.494 e. The summed E-state index contributed by atoms with van der Waals surface area (Å²) in [4.78, 5) is 12.4. The van der Waals surface area contributed by atoms with Crippen molar-refractivity contribution in [2.45, 2.75) is 77.8 Å². The molecule has 0 aromatic heterocycles. The van der Waals surface area contributed by atoms with Gasteiger partial charge < -0.3 is 9.47 Å². The zero-order chi connectivity index (χ0) is 21.3. The summed E-state index contributed by atoms with van der Waals surface area (Å²) >= 11 is 0. The summed E-state index contributed by atoms with van der Waals surface area (Å²) in [5, 5.41) is 2.11. The summed E-state index contributed by atoms with van der Waals surface area (Å²) in [7, 11) is 0. The number of fused-ring (bicyclic) bond motifs is 1. The molecule has 0 bridgehead atoms. The lowest BCUT2D eigenvalue weighted by Crippen LogP contribution is -2.28. The van der Waals surface area contributed by atoms with Crippen LogP contribution < -0.4 is 4.74 Å². The molecule has 0 fully saturated rings. The van der Waals surface area contributed by atoms with E-state index in [0.29, 0.717) is 6.42 Å². The van der Waals surface area contributed by atoms with Gasteiger partial charge in [-0.05, 0) is 55.2 Å². The maximum absolute atomic E-state index is 14.5. The smallest absolute Gasteiger partial charge is 0.313 e. The van der Waals surface area contributed by atoms with Gasteiger partial charge in [-0.25, -0.2) is 4.39 Å². The minimum atomic E-state index is -1.47. The molecule has 4 heteroatoms. The van der Waals surface area contributed by atoms with Gasteiger partial charge in [-0.15, -0.1) is 0 Å². The van der Waals surface area contributed by atoms with Crippen molar-refractivity contribution in [1.82, 2.24) is 0 Å². The Morgan fingerprint density at radius 3 is 2.45 bits per heavy atom. The van der Waals surface area contributed by atoms with Crippen molar-refractivity contribution in [2.24, 2.45) is 0 Å². The third kappa shape index (κ3) is 7.34. The molecule has 2 atom stereocenters. The number of ether oxygens (including phenoxy) is 2. The van der Waals surface area contributed by atoms with E-state index >= 15 is 0 Å². The van der Waals surface area contributed by atoms with E-state index in [1.165, 1.54) is 6.92 Å². The molecule has 2 aromatic carbocycles. The highest BCUT2D eigenvalue weighted by Crippen LogP contribution is 2.27. The lowest BCUT2D eigenvalue weighted by atomic mass is 9.97. The van der Waals surface area contributed by atoms with Gasteiger partial charge in [-0.1, -0.05) is 63.8 Å². The molecule has 3 nitrogen and oxygen atoms in total. The van der Waals surface area contributed by atoms with Crippen molar-refractivity contribution in [3.05, 3.63) is 42.0 Å². The number of esters is 1. The van der Waals surface area contributed by atoms with Crippen molar-refractivity contribution in [3.63, 3.8) is 0 Å². The first-order valence-electron chi connectivity index (χ1n) is 10.9. The fourth-order valence-corrected chi connectivity index (χ4v) is 3.23. The molecule has 0 spiro atoms. The first-order chi connectivity index (χ1) is 13.9. The summed E-state index contributed by atoms with van der Waals surface area (Å²) in [5.74, 6) is 0.0334. The minimum absolute atomic E-state index is 0.189. The first-order valence-corrected chi connectivity index (χ1v) is 10.9. The summed E-state index contributed by atoms with van der Waals surface area (Å²) in [6, 6.07) is 11.9. The summed E-state index contributed by atoms with van der Waals surface area (Å²) < 4.78 is 25.6. The zero-order valence-corrected chi connectivity index (χ0v) is 18.3. The van der Waals surface area contributed by atoms with Crippen LogP contribution in [0, 0.1) is 0 Å². The van der Waals surface area contributed by atoms with Gasteiger partial charge in [-0.3, -0.25) is 4.79 Å². The number of benzene rings is 2. The molecule has 0 heterocycles. The summed E-state index contributed by atoms with van der Waals surface area (Å²) in [5.41, 5.74) is -0.601. The van der Waals surface area contributed by atoms with Crippen LogP contribution in [0.25, 0.3) is 10.8 Å². The number of hydrogen-bond donors (Lipinski definition) is 0. The highest BCUT2D eigenvalue weighted by molar-refractivity contribution is 5.86. The number of alkyl halides is 1. The normalized spacial score (nSPS) is 14.4. The van der Waals surface area contributed by atoms with Crippen LogP contribution >= 0.6 is 0 Å². The molecule has 0 aliphatic rings. The lowest BCUT2D eigenvalue weighted by molar-refractivity contribution is -0.149. The van der Waals surface area contributed by atoms with Crippen molar-refractivity contribution in [2.75, 3.05) is 13.2 Å². The monoisotopic (exact) mass is 402 g/mol. The topological polar surface area (TPSA) is 35.5 Å². The van der Waals surface area contributed by atoms with Gasteiger partial charge in [0.25, 0.3) is 0 Å². The number of carbonyl (C=O) groups is 1. The number of carbonyl (C=O) groups excluding carboxylic acids is 1. The highest BCUT2D eigenvalue weighted by Gasteiger charge is 2.26. The van der Waals surface area contributed by atoms with Gasteiger partial charge in [0.2, 0.25) is 0 Å². The molecule has 0 N–H and O–H groups in total. The second-order valence-electron chi connectivity index (χ2n) is 8.17. The Morgan fingerprint density at radius 2 is 1.72 bits per heavy atom. The zero-order valence-electron chi connectivity index (χ0n) is 18.3. The predicted octanol–water partition coefficient (Wildman–Crippen LogP) is 6.97. The van der Waals surface area contributed by atoms with E-state index in [4.69, 9.17) is 9.47 Å². The second-order valence-corrected chi connectivity index (χ2v) is 8.17. The van der Waals surface area contributed by atoms with Crippen LogP contribution in [-0.4, -0.2) is 24.9 Å². The van der Waals surface area contributed by atoms with Crippen LogP contribution in [0.2, 0.25) is 0 Å². The Bertz CT molecular complexity index is 785. The van der Waals surface area contributed by atoms with E-state index < -0.39 is 11.6 Å². The average molecular weight is 403 g/mol. The Hall–Kier alpha value is -2.10.